The number of methoxy groups -OCH3 is 2. The maximum Gasteiger partial charge on any atom is 0.283 e. The first kappa shape index (κ1) is 31.7. The Morgan fingerprint density at radius 3 is 2.30 bits per heavy atom. The number of hydrogen-bond donors (Lipinski definition) is 3. The molecule has 0 unspecified atom stereocenters. The molecule has 0 spiro atoms. The van der Waals surface area contributed by atoms with E-state index in [0.29, 0.717) is 46.5 Å². The van der Waals surface area contributed by atoms with Crippen LogP contribution in [0.15, 0.2) is 79.3 Å². The largest absolute Gasteiger partial charge is 0.497 e. The fourth-order valence-corrected chi connectivity index (χ4v) is 4.24. The van der Waals surface area contributed by atoms with E-state index in [0.717, 1.165) is 12.1 Å². The minimum atomic E-state index is -1.13. The van der Waals surface area contributed by atoms with Gasteiger partial charge in [-0.1, -0.05) is 30.8 Å². The molecule has 0 saturated carbocycles. The fourth-order valence-electron chi connectivity index (χ4n) is 4.24. The van der Waals surface area contributed by atoms with Gasteiger partial charge in [-0.25, -0.2) is 13.8 Å². The number of anilines is 6. The summed E-state index contributed by atoms with van der Waals surface area (Å²) < 4.78 is 39.3. The summed E-state index contributed by atoms with van der Waals surface area (Å²) in [6, 6.07) is 16.9. The van der Waals surface area contributed by atoms with E-state index in [1.807, 2.05) is 43.1 Å². The zero-order valence-electron chi connectivity index (χ0n) is 25.2. The molecule has 44 heavy (non-hydrogen) atoms. The molecule has 3 N–H and O–H groups in total. The highest BCUT2D eigenvalue weighted by molar-refractivity contribution is 6.04. The topological polar surface area (TPSA) is 104 Å². The number of carbonyl (C=O) groups excluding carboxylic acids is 1. The number of aromatic nitrogens is 2. The van der Waals surface area contributed by atoms with Crippen molar-refractivity contribution in [2.24, 2.45) is 0 Å². The van der Waals surface area contributed by atoms with Crippen LogP contribution in [-0.2, 0) is 4.79 Å². The van der Waals surface area contributed by atoms with E-state index < -0.39 is 17.6 Å². The maximum atomic E-state index is 14.6. The SMILES string of the molecule is C=C(F)C(=O)Nc1cc(Nc2ncc(-c3ccc(OC)cc3)c(Nc3ccccc3F)n2)c(OC)cc1N(C)CCN(C)C. The molecule has 4 aromatic rings. The van der Waals surface area contributed by atoms with Gasteiger partial charge in [0.1, 0.15) is 23.1 Å². The van der Waals surface area contributed by atoms with E-state index in [2.05, 4.69) is 32.5 Å². The number of nitrogens with one attached hydrogen (secondary N) is 3. The summed E-state index contributed by atoms with van der Waals surface area (Å²) in [7, 11) is 8.84. The summed E-state index contributed by atoms with van der Waals surface area (Å²) in [6.07, 6.45) is 1.60. The van der Waals surface area contributed by atoms with Gasteiger partial charge in [-0.15, -0.1) is 0 Å². The van der Waals surface area contributed by atoms with Crippen molar-refractivity contribution in [1.29, 1.82) is 0 Å². The zero-order chi connectivity index (χ0) is 31.8. The molecular weight excluding hydrogens is 568 g/mol. The third-order valence-corrected chi connectivity index (χ3v) is 6.67. The molecule has 10 nitrogen and oxygen atoms in total. The number of rotatable bonds is 13. The van der Waals surface area contributed by atoms with Crippen LogP contribution < -0.4 is 30.3 Å². The quantitative estimate of drug-likeness (QED) is 0.154. The van der Waals surface area contributed by atoms with Gasteiger partial charge in [0.2, 0.25) is 5.95 Å². The Morgan fingerprint density at radius 2 is 1.66 bits per heavy atom. The number of halogens is 2. The van der Waals surface area contributed by atoms with Gasteiger partial charge in [0.15, 0.2) is 5.83 Å². The number of carbonyl (C=O) groups is 1. The summed E-state index contributed by atoms with van der Waals surface area (Å²) >= 11 is 0. The van der Waals surface area contributed by atoms with Crippen molar-refractivity contribution in [2.75, 3.05) is 69.3 Å². The standard InChI is InChI=1S/C32H35F2N7O3/c1-20(33)31(42)37-26-17-27(29(44-6)18-28(26)41(4)16-15-40(2)3)38-32-35-19-23(21-11-13-22(43-5)14-12-21)30(39-32)36-25-10-8-7-9-24(25)34/h7-14,17-19H,1,15-16H2,2-6H3,(H,37,42)(H2,35,36,38,39). The van der Waals surface area contributed by atoms with Crippen molar-refractivity contribution >= 4 is 40.4 Å². The molecule has 4 rings (SSSR count). The predicted octanol–water partition coefficient (Wildman–Crippen LogP) is 6.21. The number of likely N-dealkylation sites (N-methyl/N-ethyl adjacent to an activating group) is 2. The summed E-state index contributed by atoms with van der Waals surface area (Å²) in [6.45, 7) is 4.45. The van der Waals surface area contributed by atoms with E-state index in [9.17, 15) is 13.6 Å². The molecule has 0 aliphatic heterocycles. The van der Waals surface area contributed by atoms with E-state index in [1.54, 1.807) is 55.8 Å². The second-order valence-electron chi connectivity index (χ2n) is 10.1. The molecule has 0 radical (unpaired) electrons. The van der Waals surface area contributed by atoms with E-state index in [4.69, 9.17) is 9.47 Å². The number of hydrogen-bond acceptors (Lipinski definition) is 9. The molecule has 1 aromatic heterocycles. The van der Waals surface area contributed by atoms with Crippen LogP contribution in [-0.4, -0.2) is 69.2 Å². The first-order chi connectivity index (χ1) is 21.1. The summed E-state index contributed by atoms with van der Waals surface area (Å²) in [5.74, 6) is -0.969. The van der Waals surface area contributed by atoms with Crippen molar-refractivity contribution in [1.82, 2.24) is 14.9 Å². The van der Waals surface area contributed by atoms with Crippen LogP contribution in [0.2, 0.25) is 0 Å². The molecule has 0 aliphatic rings. The number of ether oxygens (including phenoxy) is 2. The second kappa shape index (κ2) is 14.3. The van der Waals surface area contributed by atoms with E-state index >= 15 is 0 Å². The molecule has 0 bridgehead atoms. The van der Waals surface area contributed by atoms with Crippen LogP contribution in [0.5, 0.6) is 11.5 Å². The van der Waals surface area contributed by atoms with Crippen molar-refractivity contribution in [3.8, 4) is 22.6 Å². The van der Waals surface area contributed by atoms with E-state index in [1.165, 1.54) is 13.2 Å². The summed E-state index contributed by atoms with van der Waals surface area (Å²) in [5, 5.41) is 8.77. The smallest absolute Gasteiger partial charge is 0.283 e. The molecular formula is C32H35F2N7O3. The Labute approximate surface area is 255 Å². The highest BCUT2D eigenvalue weighted by Crippen LogP contribution is 2.39. The van der Waals surface area contributed by atoms with Crippen LogP contribution in [0.1, 0.15) is 0 Å². The van der Waals surface area contributed by atoms with Crippen LogP contribution in [0, 0.1) is 5.82 Å². The monoisotopic (exact) mass is 603 g/mol. The second-order valence-corrected chi connectivity index (χ2v) is 10.1. The van der Waals surface area contributed by atoms with E-state index in [-0.39, 0.29) is 11.6 Å². The van der Waals surface area contributed by atoms with Crippen LogP contribution >= 0.6 is 0 Å². The first-order valence-electron chi connectivity index (χ1n) is 13.6. The van der Waals surface area contributed by atoms with Crippen molar-refractivity contribution in [3.63, 3.8) is 0 Å². The summed E-state index contributed by atoms with van der Waals surface area (Å²) in [5.41, 5.74) is 2.92. The van der Waals surface area contributed by atoms with Crippen LogP contribution in [0.25, 0.3) is 11.1 Å². The van der Waals surface area contributed by atoms with Gasteiger partial charge in [0, 0.05) is 38.0 Å². The number of nitrogens with zero attached hydrogens (tertiary/aromatic N) is 4. The molecule has 0 saturated heterocycles. The number of para-hydroxylation sites is 1. The van der Waals surface area contributed by atoms with Crippen molar-refractivity contribution in [2.45, 2.75) is 0 Å². The molecule has 1 amide bonds. The number of benzene rings is 3. The van der Waals surface area contributed by atoms with Gasteiger partial charge in [0.25, 0.3) is 5.91 Å². The molecule has 230 valence electrons. The lowest BCUT2D eigenvalue weighted by molar-refractivity contribution is -0.114. The lowest BCUT2D eigenvalue weighted by Crippen LogP contribution is -2.29. The highest BCUT2D eigenvalue weighted by atomic mass is 19.1. The maximum absolute atomic E-state index is 14.6. The lowest BCUT2D eigenvalue weighted by atomic mass is 10.1. The van der Waals surface area contributed by atoms with Gasteiger partial charge in [-0.3, -0.25) is 4.79 Å². The molecule has 0 aliphatic carbocycles. The van der Waals surface area contributed by atoms with Crippen LogP contribution in [0.3, 0.4) is 0 Å². The third-order valence-electron chi connectivity index (χ3n) is 6.67. The van der Waals surface area contributed by atoms with Gasteiger partial charge in [-0.05, 0) is 50.0 Å². The van der Waals surface area contributed by atoms with Gasteiger partial charge in [-0.2, -0.15) is 4.98 Å². The molecule has 0 atom stereocenters. The average Bonchev–Trinajstić information content (AvgIpc) is 3.01. The number of amides is 1. The minimum Gasteiger partial charge on any atom is -0.497 e. The van der Waals surface area contributed by atoms with Crippen molar-refractivity contribution in [3.05, 3.63) is 85.1 Å². The Balaban J connectivity index is 1.76. The van der Waals surface area contributed by atoms with Crippen LogP contribution in [0.4, 0.5) is 43.3 Å². The average molecular weight is 604 g/mol. The summed E-state index contributed by atoms with van der Waals surface area (Å²) in [4.78, 5) is 25.4. The van der Waals surface area contributed by atoms with Gasteiger partial charge >= 0.3 is 0 Å². The molecule has 1 heterocycles. The molecule has 0 fully saturated rings. The zero-order valence-corrected chi connectivity index (χ0v) is 25.2. The third kappa shape index (κ3) is 7.78. The van der Waals surface area contributed by atoms with Gasteiger partial charge in [0.05, 0.1) is 37.0 Å². The normalized spacial score (nSPS) is 10.7. The Morgan fingerprint density at radius 1 is 0.932 bits per heavy atom. The lowest BCUT2D eigenvalue weighted by Gasteiger charge is -2.26. The Bertz CT molecular complexity index is 1630. The molecule has 3 aromatic carbocycles. The molecule has 12 heteroatoms. The van der Waals surface area contributed by atoms with Gasteiger partial charge < -0.3 is 35.2 Å². The Hall–Kier alpha value is -5.23. The predicted molar refractivity (Wildman–Crippen MR) is 171 cm³/mol. The van der Waals surface area contributed by atoms with Crippen molar-refractivity contribution < 1.29 is 23.0 Å². The highest BCUT2D eigenvalue weighted by Gasteiger charge is 2.19. The Kier molecular flexibility index (Phi) is 10.3. The first-order valence-corrected chi connectivity index (χ1v) is 13.6. The fraction of sp³-hybridized carbons (Fsp3) is 0.219. The minimum absolute atomic E-state index is 0.153.